The van der Waals surface area contributed by atoms with Gasteiger partial charge in [-0.05, 0) is 24.3 Å². The molecule has 0 spiro atoms. The van der Waals surface area contributed by atoms with Gasteiger partial charge in [0.15, 0.2) is 5.03 Å². The molecule has 4 N–H and O–H groups in total. The quantitative estimate of drug-likeness (QED) is 0.727. The molecule has 0 aliphatic rings. The zero-order valence-electron chi connectivity index (χ0n) is 10.1. The average Bonchev–Trinajstić information content (AvgIpc) is 2.41. The maximum absolute atomic E-state index is 12.1. The van der Waals surface area contributed by atoms with Gasteiger partial charge in [-0.15, -0.1) is 0 Å². The van der Waals surface area contributed by atoms with E-state index in [0.29, 0.717) is 0 Å². The van der Waals surface area contributed by atoms with E-state index in [4.69, 9.17) is 10.8 Å². The van der Waals surface area contributed by atoms with Crippen LogP contribution in [0.25, 0.3) is 0 Å². The van der Waals surface area contributed by atoms with E-state index < -0.39 is 16.0 Å². The van der Waals surface area contributed by atoms with Gasteiger partial charge in [0.1, 0.15) is 0 Å². The minimum Gasteiger partial charge on any atom is -0.478 e. The van der Waals surface area contributed by atoms with Crippen molar-refractivity contribution in [2.75, 3.05) is 10.5 Å². The fourth-order valence-corrected chi connectivity index (χ4v) is 2.47. The number of hydrogen-bond acceptors (Lipinski definition) is 5. The Balaban J connectivity index is 2.31. The third-order valence-electron chi connectivity index (χ3n) is 2.46. The zero-order valence-corrected chi connectivity index (χ0v) is 11.0. The number of aromatic nitrogens is 1. The minimum absolute atomic E-state index is 0.0943. The second-order valence-corrected chi connectivity index (χ2v) is 5.51. The number of rotatable bonds is 4. The summed E-state index contributed by atoms with van der Waals surface area (Å²) < 4.78 is 26.4. The SMILES string of the molecule is Nc1ccccc1NS(=O)(=O)c1ccc(C(=O)O)cn1. The number of nitrogens with zero attached hydrogens (tertiary/aromatic N) is 1. The summed E-state index contributed by atoms with van der Waals surface area (Å²) in [5.74, 6) is -1.18. The van der Waals surface area contributed by atoms with Crippen LogP contribution in [0.3, 0.4) is 0 Å². The van der Waals surface area contributed by atoms with Crippen molar-refractivity contribution in [2.24, 2.45) is 0 Å². The van der Waals surface area contributed by atoms with Gasteiger partial charge in [0.2, 0.25) is 0 Å². The summed E-state index contributed by atoms with van der Waals surface area (Å²) >= 11 is 0. The highest BCUT2D eigenvalue weighted by Crippen LogP contribution is 2.20. The molecule has 20 heavy (non-hydrogen) atoms. The molecular weight excluding hydrogens is 282 g/mol. The second kappa shape index (κ2) is 5.17. The first-order valence-corrected chi connectivity index (χ1v) is 6.95. The largest absolute Gasteiger partial charge is 0.478 e. The summed E-state index contributed by atoms with van der Waals surface area (Å²) in [6.07, 6.45) is 0.977. The van der Waals surface area contributed by atoms with Crippen LogP contribution in [0.5, 0.6) is 0 Å². The molecule has 8 heteroatoms. The van der Waals surface area contributed by atoms with Crippen LogP contribution < -0.4 is 10.5 Å². The van der Waals surface area contributed by atoms with Gasteiger partial charge in [-0.1, -0.05) is 12.1 Å². The fourth-order valence-electron chi connectivity index (χ4n) is 1.45. The standard InChI is InChI=1S/C12H11N3O4S/c13-9-3-1-2-4-10(9)15-20(18,19)11-6-5-8(7-14-11)12(16)17/h1-7,15H,13H2,(H,16,17). The van der Waals surface area contributed by atoms with Gasteiger partial charge in [-0.3, -0.25) is 4.72 Å². The number of sulfonamides is 1. The number of nitrogens with two attached hydrogens (primary N) is 1. The third-order valence-corrected chi connectivity index (χ3v) is 3.74. The van der Waals surface area contributed by atoms with Gasteiger partial charge in [-0.25, -0.2) is 9.78 Å². The molecule has 7 nitrogen and oxygen atoms in total. The lowest BCUT2D eigenvalue weighted by atomic mass is 10.3. The molecule has 0 aliphatic heterocycles. The van der Waals surface area contributed by atoms with E-state index in [9.17, 15) is 13.2 Å². The Morgan fingerprint density at radius 3 is 2.45 bits per heavy atom. The number of para-hydroxylation sites is 2. The number of carboxylic acid groups (broad SMARTS) is 1. The van der Waals surface area contributed by atoms with Crippen molar-refractivity contribution in [3.05, 3.63) is 48.2 Å². The molecule has 1 heterocycles. The Labute approximate surface area is 115 Å². The van der Waals surface area contributed by atoms with Crippen molar-refractivity contribution < 1.29 is 18.3 Å². The molecule has 0 radical (unpaired) electrons. The molecule has 0 fully saturated rings. The minimum atomic E-state index is -3.91. The molecule has 0 atom stereocenters. The predicted octanol–water partition coefficient (Wildman–Crippen LogP) is 1.16. The first-order chi connectivity index (χ1) is 9.40. The number of carboxylic acids is 1. The molecule has 0 aliphatic carbocycles. The monoisotopic (exact) mass is 293 g/mol. The van der Waals surface area contributed by atoms with Crippen molar-refractivity contribution in [1.82, 2.24) is 4.98 Å². The molecule has 2 aromatic rings. The molecule has 0 saturated carbocycles. The number of hydrogen-bond donors (Lipinski definition) is 3. The van der Waals surface area contributed by atoms with Gasteiger partial charge in [0.25, 0.3) is 10.0 Å². The van der Waals surface area contributed by atoms with E-state index in [1.165, 1.54) is 6.07 Å². The maximum Gasteiger partial charge on any atom is 0.337 e. The molecule has 0 saturated heterocycles. The van der Waals surface area contributed by atoms with E-state index in [2.05, 4.69) is 9.71 Å². The number of aromatic carboxylic acids is 1. The molecule has 1 aromatic heterocycles. The normalized spacial score (nSPS) is 11.0. The van der Waals surface area contributed by atoms with Crippen LogP contribution in [-0.4, -0.2) is 24.5 Å². The van der Waals surface area contributed by atoms with Crippen LogP contribution in [0, 0.1) is 0 Å². The van der Waals surface area contributed by atoms with Gasteiger partial charge >= 0.3 is 5.97 Å². The Hall–Kier alpha value is -2.61. The van der Waals surface area contributed by atoms with Crippen LogP contribution in [0.4, 0.5) is 11.4 Å². The summed E-state index contributed by atoms with van der Waals surface area (Å²) in [4.78, 5) is 14.3. The highest BCUT2D eigenvalue weighted by atomic mass is 32.2. The molecule has 1 aromatic carbocycles. The zero-order chi connectivity index (χ0) is 14.8. The van der Waals surface area contributed by atoms with Gasteiger partial charge < -0.3 is 10.8 Å². The first-order valence-electron chi connectivity index (χ1n) is 5.47. The number of benzene rings is 1. The van der Waals surface area contributed by atoms with Crippen LogP contribution in [0.2, 0.25) is 0 Å². The Kier molecular flexibility index (Phi) is 3.57. The summed E-state index contributed by atoms with van der Waals surface area (Å²) in [6.45, 7) is 0. The Morgan fingerprint density at radius 1 is 1.20 bits per heavy atom. The Morgan fingerprint density at radius 2 is 1.90 bits per heavy atom. The van der Waals surface area contributed by atoms with Crippen molar-refractivity contribution in [2.45, 2.75) is 5.03 Å². The summed E-state index contributed by atoms with van der Waals surface area (Å²) in [5, 5.41) is 8.44. The van der Waals surface area contributed by atoms with Crippen molar-refractivity contribution in [1.29, 1.82) is 0 Å². The van der Waals surface area contributed by atoms with Crippen molar-refractivity contribution in [3.8, 4) is 0 Å². The lowest BCUT2D eigenvalue weighted by molar-refractivity contribution is 0.0696. The highest BCUT2D eigenvalue weighted by molar-refractivity contribution is 7.92. The maximum atomic E-state index is 12.1. The number of carbonyl (C=O) groups is 1. The van der Waals surface area contributed by atoms with Crippen LogP contribution in [0.15, 0.2) is 47.6 Å². The summed E-state index contributed by atoms with van der Waals surface area (Å²) in [6, 6.07) is 8.66. The first kappa shape index (κ1) is 13.8. The van der Waals surface area contributed by atoms with Crippen LogP contribution in [0.1, 0.15) is 10.4 Å². The van der Waals surface area contributed by atoms with Gasteiger partial charge in [-0.2, -0.15) is 8.42 Å². The predicted molar refractivity (Wildman–Crippen MR) is 72.9 cm³/mol. The number of nitrogens with one attached hydrogen (secondary N) is 1. The summed E-state index contributed by atoms with van der Waals surface area (Å²) in [5.41, 5.74) is 6.06. The van der Waals surface area contributed by atoms with Crippen molar-refractivity contribution >= 4 is 27.4 Å². The smallest absolute Gasteiger partial charge is 0.337 e. The average molecular weight is 293 g/mol. The number of pyridine rings is 1. The van der Waals surface area contributed by atoms with E-state index in [0.717, 1.165) is 18.3 Å². The van der Waals surface area contributed by atoms with Crippen LogP contribution in [-0.2, 0) is 10.0 Å². The molecule has 104 valence electrons. The van der Waals surface area contributed by atoms with E-state index in [1.54, 1.807) is 18.2 Å². The number of anilines is 2. The van der Waals surface area contributed by atoms with Crippen molar-refractivity contribution in [3.63, 3.8) is 0 Å². The molecular formula is C12H11N3O4S. The lowest BCUT2D eigenvalue weighted by Crippen LogP contribution is -2.15. The lowest BCUT2D eigenvalue weighted by Gasteiger charge is -2.09. The van der Waals surface area contributed by atoms with E-state index >= 15 is 0 Å². The van der Waals surface area contributed by atoms with E-state index in [-0.39, 0.29) is 22.0 Å². The third kappa shape index (κ3) is 2.86. The fraction of sp³-hybridized carbons (Fsp3) is 0. The number of nitrogen functional groups attached to an aromatic ring is 1. The topological polar surface area (TPSA) is 122 Å². The molecule has 0 unspecified atom stereocenters. The molecule has 0 amide bonds. The molecule has 2 rings (SSSR count). The Bertz CT molecular complexity index is 742. The highest BCUT2D eigenvalue weighted by Gasteiger charge is 2.17. The summed E-state index contributed by atoms with van der Waals surface area (Å²) in [7, 11) is -3.91. The molecule has 0 bridgehead atoms. The second-order valence-electron chi connectivity index (χ2n) is 3.88. The van der Waals surface area contributed by atoms with Gasteiger partial charge in [0, 0.05) is 6.20 Å². The van der Waals surface area contributed by atoms with E-state index in [1.807, 2.05) is 0 Å². The van der Waals surface area contributed by atoms with Crippen LogP contribution >= 0.6 is 0 Å². The van der Waals surface area contributed by atoms with Gasteiger partial charge in [0.05, 0.1) is 16.9 Å².